The molecule has 0 radical (unpaired) electrons. The number of hydrogen-bond donors (Lipinski definition) is 1. The zero-order valence-corrected chi connectivity index (χ0v) is 11.5. The SMILES string of the molecule is CNCCCCCCOP(=O)(OC)SC. The standard InChI is InChI=1S/C9H22NO3PS/c1-10-8-6-4-5-7-9-13-14(11,12-2)15-3/h10H,4-9H2,1-3H3. The topological polar surface area (TPSA) is 47.6 Å². The molecule has 92 valence electrons. The molecule has 0 heterocycles. The van der Waals surface area contributed by atoms with Crippen LogP contribution >= 0.6 is 18.2 Å². The second-order valence-corrected chi connectivity index (χ2v) is 7.48. The summed E-state index contributed by atoms with van der Waals surface area (Å²) in [4.78, 5) is 0. The maximum Gasteiger partial charge on any atom is 0.388 e. The molecule has 0 aliphatic heterocycles. The molecule has 0 aromatic heterocycles. The summed E-state index contributed by atoms with van der Waals surface area (Å²) in [6.07, 6.45) is 6.15. The molecule has 0 saturated heterocycles. The smallest absolute Gasteiger partial charge is 0.320 e. The van der Waals surface area contributed by atoms with Crippen molar-refractivity contribution in [1.82, 2.24) is 5.32 Å². The van der Waals surface area contributed by atoms with Crippen molar-refractivity contribution in [3.63, 3.8) is 0 Å². The molecule has 1 unspecified atom stereocenters. The van der Waals surface area contributed by atoms with Crippen molar-refractivity contribution in [2.24, 2.45) is 0 Å². The van der Waals surface area contributed by atoms with Gasteiger partial charge in [-0.2, -0.15) is 0 Å². The lowest BCUT2D eigenvalue weighted by Gasteiger charge is -2.12. The summed E-state index contributed by atoms with van der Waals surface area (Å²) in [5.74, 6) is 0. The number of rotatable bonds is 10. The van der Waals surface area contributed by atoms with E-state index in [1.807, 2.05) is 7.05 Å². The molecule has 0 aliphatic carbocycles. The van der Waals surface area contributed by atoms with Gasteiger partial charge >= 0.3 is 6.80 Å². The normalized spacial score (nSPS) is 15.1. The van der Waals surface area contributed by atoms with E-state index >= 15 is 0 Å². The van der Waals surface area contributed by atoms with Crippen LogP contribution in [0.4, 0.5) is 0 Å². The predicted octanol–water partition coefficient (Wildman–Crippen LogP) is 2.90. The Bertz CT molecular complexity index is 184. The third-order valence-corrected chi connectivity index (χ3v) is 5.52. The molecule has 1 N–H and O–H groups in total. The minimum atomic E-state index is -2.84. The highest BCUT2D eigenvalue weighted by atomic mass is 32.7. The summed E-state index contributed by atoms with van der Waals surface area (Å²) >= 11 is 1.15. The molecule has 0 aliphatic rings. The van der Waals surface area contributed by atoms with Gasteiger partial charge in [-0.15, -0.1) is 0 Å². The molecule has 0 aromatic carbocycles. The Kier molecular flexibility index (Phi) is 9.97. The van der Waals surface area contributed by atoms with Crippen molar-refractivity contribution in [3.8, 4) is 0 Å². The highest BCUT2D eigenvalue weighted by Crippen LogP contribution is 2.58. The van der Waals surface area contributed by atoms with Gasteiger partial charge in [0.25, 0.3) is 0 Å². The van der Waals surface area contributed by atoms with Gasteiger partial charge in [-0.05, 0) is 44.1 Å². The van der Waals surface area contributed by atoms with E-state index in [9.17, 15) is 4.57 Å². The van der Waals surface area contributed by atoms with Crippen LogP contribution in [0.2, 0.25) is 0 Å². The first-order valence-electron chi connectivity index (χ1n) is 5.19. The van der Waals surface area contributed by atoms with Crippen LogP contribution < -0.4 is 5.32 Å². The summed E-state index contributed by atoms with van der Waals surface area (Å²) in [5.41, 5.74) is 0. The fraction of sp³-hybridized carbons (Fsp3) is 1.00. The Hall–Kier alpha value is 0.460. The van der Waals surface area contributed by atoms with E-state index in [1.165, 1.54) is 20.0 Å². The summed E-state index contributed by atoms with van der Waals surface area (Å²) in [6.45, 7) is -1.26. The van der Waals surface area contributed by atoms with E-state index in [-0.39, 0.29) is 0 Å². The summed E-state index contributed by atoms with van der Waals surface area (Å²) in [5, 5.41) is 3.10. The van der Waals surface area contributed by atoms with E-state index in [0.717, 1.165) is 30.8 Å². The van der Waals surface area contributed by atoms with Gasteiger partial charge in [-0.1, -0.05) is 12.8 Å². The molecule has 0 saturated carbocycles. The minimum Gasteiger partial charge on any atom is -0.320 e. The highest BCUT2D eigenvalue weighted by Gasteiger charge is 2.20. The van der Waals surface area contributed by atoms with Gasteiger partial charge in [0, 0.05) is 7.11 Å². The number of nitrogens with one attached hydrogen (secondary N) is 1. The zero-order valence-electron chi connectivity index (χ0n) is 9.82. The van der Waals surface area contributed by atoms with Crippen LogP contribution in [0.25, 0.3) is 0 Å². The molecule has 1 atom stereocenters. The van der Waals surface area contributed by atoms with E-state index in [0.29, 0.717) is 6.61 Å². The Balaban J connectivity index is 3.34. The Morgan fingerprint density at radius 3 is 2.47 bits per heavy atom. The lowest BCUT2D eigenvalue weighted by Crippen LogP contribution is -2.07. The summed E-state index contributed by atoms with van der Waals surface area (Å²) < 4.78 is 21.6. The fourth-order valence-corrected chi connectivity index (χ4v) is 2.81. The van der Waals surface area contributed by atoms with Gasteiger partial charge in [-0.25, -0.2) is 4.57 Å². The fourth-order valence-electron chi connectivity index (χ4n) is 1.11. The van der Waals surface area contributed by atoms with Crippen molar-refractivity contribution in [2.45, 2.75) is 25.7 Å². The van der Waals surface area contributed by atoms with Crippen LogP contribution in [0.5, 0.6) is 0 Å². The number of unbranched alkanes of at least 4 members (excludes halogenated alkanes) is 3. The van der Waals surface area contributed by atoms with Crippen LogP contribution in [0.3, 0.4) is 0 Å². The zero-order chi connectivity index (χ0) is 11.6. The highest BCUT2D eigenvalue weighted by molar-refractivity contribution is 8.54. The molecular formula is C9H22NO3PS. The van der Waals surface area contributed by atoms with E-state index in [2.05, 4.69) is 5.32 Å². The largest absolute Gasteiger partial charge is 0.388 e. The summed E-state index contributed by atoms with van der Waals surface area (Å²) in [6, 6.07) is 0. The maximum atomic E-state index is 11.6. The van der Waals surface area contributed by atoms with Gasteiger partial charge in [0.1, 0.15) is 0 Å². The van der Waals surface area contributed by atoms with Crippen molar-refractivity contribution < 1.29 is 13.6 Å². The van der Waals surface area contributed by atoms with Crippen LogP contribution in [-0.4, -0.2) is 33.6 Å². The van der Waals surface area contributed by atoms with Crippen molar-refractivity contribution in [1.29, 1.82) is 0 Å². The molecule has 15 heavy (non-hydrogen) atoms. The van der Waals surface area contributed by atoms with E-state index in [1.54, 1.807) is 6.26 Å². The van der Waals surface area contributed by atoms with Crippen LogP contribution in [-0.2, 0) is 13.6 Å². The van der Waals surface area contributed by atoms with Gasteiger partial charge in [0.2, 0.25) is 0 Å². The molecule has 0 spiro atoms. The predicted molar refractivity (Wildman–Crippen MR) is 66.5 cm³/mol. The van der Waals surface area contributed by atoms with Crippen molar-refractivity contribution in [3.05, 3.63) is 0 Å². The first-order chi connectivity index (χ1) is 7.18. The lowest BCUT2D eigenvalue weighted by molar-refractivity contribution is 0.244. The first-order valence-corrected chi connectivity index (χ1v) is 8.56. The average Bonchev–Trinajstić information content (AvgIpc) is 2.27. The molecule has 0 fully saturated rings. The maximum absolute atomic E-state index is 11.6. The van der Waals surface area contributed by atoms with Gasteiger partial charge in [-0.3, -0.25) is 0 Å². The Morgan fingerprint density at radius 1 is 1.27 bits per heavy atom. The van der Waals surface area contributed by atoms with E-state index < -0.39 is 6.80 Å². The van der Waals surface area contributed by atoms with Crippen LogP contribution in [0.15, 0.2) is 0 Å². The second-order valence-electron chi connectivity index (χ2n) is 3.16. The van der Waals surface area contributed by atoms with Crippen LogP contribution in [0, 0.1) is 0 Å². The molecule has 0 amide bonds. The van der Waals surface area contributed by atoms with Gasteiger partial charge in [0.05, 0.1) is 6.61 Å². The molecule has 6 heteroatoms. The second kappa shape index (κ2) is 9.67. The lowest BCUT2D eigenvalue weighted by atomic mass is 10.2. The quantitative estimate of drug-likeness (QED) is 0.480. The third kappa shape index (κ3) is 8.29. The summed E-state index contributed by atoms with van der Waals surface area (Å²) in [7, 11) is 3.38. The first kappa shape index (κ1) is 15.5. The average molecular weight is 255 g/mol. The van der Waals surface area contributed by atoms with Gasteiger partial charge < -0.3 is 14.4 Å². The van der Waals surface area contributed by atoms with Crippen molar-refractivity contribution >= 4 is 18.2 Å². The third-order valence-electron chi connectivity index (χ3n) is 2.02. The van der Waals surface area contributed by atoms with Gasteiger partial charge in [0.15, 0.2) is 0 Å². The van der Waals surface area contributed by atoms with Crippen LogP contribution in [0.1, 0.15) is 25.7 Å². The monoisotopic (exact) mass is 255 g/mol. The molecular weight excluding hydrogens is 233 g/mol. The minimum absolute atomic E-state index is 0.519. The number of hydrogen-bond acceptors (Lipinski definition) is 5. The Labute approximate surface area is 96.8 Å². The molecule has 0 aromatic rings. The molecule has 4 nitrogen and oxygen atoms in total. The molecule has 0 bridgehead atoms. The Morgan fingerprint density at radius 2 is 1.93 bits per heavy atom. The molecule has 0 rings (SSSR count). The van der Waals surface area contributed by atoms with Crippen molar-refractivity contribution in [2.75, 3.05) is 33.6 Å². The van der Waals surface area contributed by atoms with E-state index in [4.69, 9.17) is 9.05 Å².